The molecule has 2 aromatic heterocycles. The van der Waals surface area contributed by atoms with Gasteiger partial charge in [-0.15, -0.1) is 0 Å². The third-order valence-electron chi connectivity index (χ3n) is 9.04. The van der Waals surface area contributed by atoms with Crippen LogP contribution in [-0.2, 0) is 20.1 Å². The van der Waals surface area contributed by atoms with Gasteiger partial charge in [0, 0.05) is 72.1 Å². The Kier molecular flexibility index (Phi) is 8.89. The highest BCUT2D eigenvalue weighted by molar-refractivity contribution is 5.99. The molecule has 0 atom stereocenters. The van der Waals surface area contributed by atoms with Crippen LogP contribution >= 0.6 is 0 Å². The zero-order valence-corrected chi connectivity index (χ0v) is 27.2. The summed E-state index contributed by atoms with van der Waals surface area (Å²) in [4.78, 5) is 17.4. The summed E-state index contributed by atoms with van der Waals surface area (Å²) in [5.41, 5.74) is 6.36. The molecule has 1 saturated heterocycles. The number of anilines is 1. The lowest BCUT2D eigenvalue weighted by Gasteiger charge is -2.29. The Hall–Kier alpha value is -5.48. The van der Waals surface area contributed by atoms with Crippen LogP contribution in [0.5, 0.6) is 17.4 Å². The second kappa shape index (κ2) is 13.7. The second-order valence-electron chi connectivity index (χ2n) is 12.0. The fraction of sp³-hybridized carbons (Fsp3) is 0.263. The largest absolute Gasteiger partial charge is 0.512 e. The van der Waals surface area contributed by atoms with Crippen molar-refractivity contribution in [2.75, 3.05) is 37.7 Å². The van der Waals surface area contributed by atoms with Crippen LogP contribution in [0, 0.1) is 6.92 Å². The highest BCUT2D eigenvalue weighted by atomic mass is 16.7. The van der Waals surface area contributed by atoms with Gasteiger partial charge in [-0.1, -0.05) is 54.6 Å². The molecule has 0 unspecified atom stereocenters. The maximum atomic E-state index is 11.7. The number of hydrogen-bond acceptors (Lipinski definition) is 7. The Balaban J connectivity index is 1.12. The summed E-state index contributed by atoms with van der Waals surface area (Å²) >= 11 is 0. The summed E-state index contributed by atoms with van der Waals surface area (Å²) in [5, 5.41) is 20.9. The standard InChI is InChI=1S/C38H39N5O5/c1-25-35(33(41-42(25)2)24-47-28-17-15-27(16-18-28)43-21-19-39-20-22-43)32-12-6-11-30-31(37(40-36(30)32)48-38(44)45)13-7-23-46-34-14-5-9-26-8-3-4-10-29(26)34/h3-6,8-12,14-18,39-40H,7,13,19-24H2,1-2H3,(H,44,45). The molecule has 0 bridgehead atoms. The second-order valence-corrected chi connectivity index (χ2v) is 12.0. The first-order valence-corrected chi connectivity index (χ1v) is 16.3. The average Bonchev–Trinajstić information content (AvgIpc) is 3.60. The number of carbonyl (C=O) groups is 1. The van der Waals surface area contributed by atoms with Crippen molar-refractivity contribution in [3.05, 3.63) is 102 Å². The molecule has 10 heteroatoms. The van der Waals surface area contributed by atoms with Crippen molar-refractivity contribution < 1.29 is 24.1 Å². The molecule has 0 aliphatic carbocycles. The number of piperazine rings is 1. The van der Waals surface area contributed by atoms with Crippen LogP contribution < -0.4 is 24.4 Å². The highest BCUT2D eigenvalue weighted by Crippen LogP contribution is 2.38. The normalized spacial score (nSPS) is 13.2. The van der Waals surface area contributed by atoms with Crippen LogP contribution in [0.1, 0.15) is 23.4 Å². The number of H-pyrrole nitrogens is 1. The number of para-hydroxylation sites is 1. The Morgan fingerprint density at radius 3 is 2.48 bits per heavy atom. The number of rotatable bonds is 11. The number of benzene rings is 4. The van der Waals surface area contributed by atoms with Crippen molar-refractivity contribution in [1.29, 1.82) is 0 Å². The van der Waals surface area contributed by atoms with Crippen LogP contribution in [0.25, 0.3) is 32.8 Å². The van der Waals surface area contributed by atoms with Crippen LogP contribution in [0.15, 0.2) is 84.9 Å². The van der Waals surface area contributed by atoms with Gasteiger partial charge in [-0.3, -0.25) is 4.68 Å². The van der Waals surface area contributed by atoms with Gasteiger partial charge in [0.15, 0.2) is 0 Å². The Bertz CT molecular complexity index is 2050. The molecule has 1 aliphatic heterocycles. The maximum Gasteiger partial charge on any atom is 0.512 e. The van der Waals surface area contributed by atoms with Gasteiger partial charge >= 0.3 is 6.16 Å². The number of nitrogens with zero attached hydrogens (tertiary/aromatic N) is 3. The lowest BCUT2D eigenvalue weighted by Crippen LogP contribution is -2.43. The summed E-state index contributed by atoms with van der Waals surface area (Å²) in [6.07, 6.45) is -0.150. The molecule has 4 aromatic carbocycles. The summed E-state index contributed by atoms with van der Waals surface area (Å²) in [5.74, 6) is 1.82. The topological polar surface area (TPSA) is 114 Å². The Morgan fingerprint density at radius 1 is 0.917 bits per heavy atom. The van der Waals surface area contributed by atoms with Crippen molar-refractivity contribution in [3.8, 4) is 28.5 Å². The van der Waals surface area contributed by atoms with E-state index >= 15 is 0 Å². The smallest absolute Gasteiger partial charge is 0.493 e. The monoisotopic (exact) mass is 645 g/mol. The Morgan fingerprint density at radius 2 is 1.67 bits per heavy atom. The molecule has 1 aliphatic rings. The number of carboxylic acid groups (broad SMARTS) is 1. The van der Waals surface area contributed by atoms with Gasteiger partial charge in [0.2, 0.25) is 5.88 Å². The highest BCUT2D eigenvalue weighted by Gasteiger charge is 2.23. The number of aromatic nitrogens is 3. The molecule has 3 N–H and O–H groups in total. The maximum absolute atomic E-state index is 11.7. The molecule has 48 heavy (non-hydrogen) atoms. The van der Waals surface area contributed by atoms with Crippen molar-refractivity contribution >= 4 is 33.5 Å². The van der Waals surface area contributed by atoms with Gasteiger partial charge in [-0.2, -0.15) is 5.10 Å². The van der Waals surface area contributed by atoms with E-state index in [-0.39, 0.29) is 12.5 Å². The van der Waals surface area contributed by atoms with E-state index in [0.29, 0.717) is 19.4 Å². The van der Waals surface area contributed by atoms with E-state index in [2.05, 4.69) is 45.5 Å². The first-order chi connectivity index (χ1) is 23.5. The van der Waals surface area contributed by atoms with Crippen LogP contribution in [0.3, 0.4) is 0 Å². The molecule has 7 rings (SSSR count). The summed E-state index contributed by atoms with van der Waals surface area (Å²) in [6, 6.07) is 28.4. The third-order valence-corrected chi connectivity index (χ3v) is 9.04. The third kappa shape index (κ3) is 6.39. The van der Waals surface area contributed by atoms with E-state index in [0.717, 1.165) is 87.4 Å². The minimum Gasteiger partial charge on any atom is -0.493 e. The predicted molar refractivity (Wildman–Crippen MR) is 188 cm³/mol. The molecule has 0 amide bonds. The van der Waals surface area contributed by atoms with Gasteiger partial charge in [-0.05, 0) is 55.5 Å². The van der Waals surface area contributed by atoms with E-state index in [1.807, 2.05) is 73.3 Å². The van der Waals surface area contributed by atoms with Gasteiger partial charge in [-0.25, -0.2) is 4.79 Å². The first kappa shape index (κ1) is 31.1. The number of aromatic amines is 1. The molecule has 10 nitrogen and oxygen atoms in total. The van der Waals surface area contributed by atoms with Crippen molar-refractivity contribution in [2.45, 2.75) is 26.4 Å². The minimum atomic E-state index is -1.37. The number of fused-ring (bicyclic) bond motifs is 2. The number of hydrogen-bond donors (Lipinski definition) is 3. The minimum absolute atomic E-state index is 0.221. The van der Waals surface area contributed by atoms with E-state index in [1.165, 1.54) is 5.69 Å². The lowest BCUT2D eigenvalue weighted by molar-refractivity contribution is 0.142. The first-order valence-electron chi connectivity index (χ1n) is 16.3. The molecular weight excluding hydrogens is 606 g/mol. The molecule has 0 spiro atoms. The average molecular weight is 646 g/mol. The zero-order valence-electron chi connectivity index (χ0n) is 27.2. The van der Waals surface area contributed by atoms with Crippen LogP contribution in [0.2, 0.25) is 0 Å². The van der Waals surface area contributed by atoms with E-state index in [1.54, 1.807) is 0 Å². The molecule has 0 saturated carbocycles. The van der Waals surface area contributed by atoms with Crippen LogP contribution in [0.4, 0.5) is 10.5 Å². The fourth-order valence-corrected chi connectivity index (χ4v) is 6.59. The van der Waals surface area contributed by atoms with Crippen molar-refractivity contribution in [2.24, 2.45) is 7.05 Å². The zero-order chi connectivity index (χ0) is 33.0. The molecule has 246 valence electrons. The van der Waals surface area contributed by atoms with Gasteiger partial charge < -0.3 is 34.5 Å². The van der Waals surface area contributed by atoms with E-state index in [4.69, 9.17) is 19.3 Å². The molecular formula is C38H39N5O5. The van der Waals surface area contributed by atoms with Gasteiger partial charge in [0.05, 0.1) is 12.1 Å². The molecule has 6 aromatic rings. The predicted octanol–water partition coefficient (Wildman–Crippen LogP) is 7.09. The lowest BCUT2D eigenvalue weighted by atomic mass is 9.99. The summed E-state index contributed by atoms with van der Waals surface area (Å²) in [6.45, 7) is 6.71. The molecule has 0 radical (unpaired) electrons. The van der Waals surface area contributed by atoms with E-state index in [9.17, 15) is 9.90 Å². The summed E-state index contributed by atoms with van der Waals surface area (Å²) in [7, 11) is 1.92. The van der Waals surface area contributed by atoms with Crippen molar-refractivity contribution in [3.63, 3.8) is 0 Å². The van der Waals surface area contributed by atoms with Crippen molar-refractivity contribution in [1.82, 2.24) is 20.1 Å². The fourth-order valence-electron chi connectivity index (χ4n) is 6.59. The van der Waals surface area contributed by atoms with Gasteiger partial charge in [0.1, 0.15) is 23.8 Å². The molecule has 1 fully saturated rings. The quantitative estimate of drug-likeness (QED) is 0.101. The number of ether oxygens (including phenoxy) is 3. The number of nitrogens with one attached hydrogen (secondary N) is 2. The van der Waals surface area contributed by atoms with Crippen LogP contribution in [-0.4, -0.2) is 58.8 Å². The van der Waals surface area contributed by atoms with Gasteiger partial charge in [0.25, 0.3) is 0 Å². The SMILES string of the molecule is Cc1c(-c2cccc3c(CCCOc4cccc5ccccc45)c(OC(=O)O)[nH]c23)c(COc2ccc(N3CCNCC3)cc2)nn1C. The van der Waals surface area contributed by atoms with E-state index < -0.39 is 6.16 Å². The number of aryl methyl sites for hydroxylation is 2. The summed E-state index contributed by atoms with van der Waals surface area (Å²) < 4.78 is 19.6. The molecule has 3 heterocycles. The Labute approximate surface area is 278 Å².